The van der Waals surface area contributed by atoms with Crippen LogP contribution in [0, 0.1) is 12.8 Å². The van der Waals surface area contributed by atoms with Crippen molar-refractivity contribution in [2.45, 2.75) is 51.2 Å². The molecule has 3 atom stereocenters. The molecule has 180 valence electrons. The second-order valence-corrected chi connectivity index (χ2v) is 10.8. The number of aryl methyl sites for hydroxylation is 1. The maximum Gasteiger partial charge on any atom is 0.247 e. The molecule has 1 aliphatic rings. The van der Waals surface area contributed by atoms with E-state index in [0.29, 0.717) is 13.0 Å². The molecule has 1 N–H and O–H groups in total. The first-order chi connectivity index (χ1) is 15.6. The Morgan fingerprint density at radius 1 is 1.21 bits per heavy atom. The maximum atomic E-state index is 13.6. The summed E-state index contributed by atoms with van der Waals surface area (Å²) >= 11 is 0. The molecule has 1 heterocycles. The van der Waals surface area contributed by atoms with Crippen LogP contribution in [-0.2, 0) is 14.8 Å². The fraction of sp³-hybridized carbons (Fsp3) is 0.480. The number of hydrogen-bond acceptors (Lipinski definition) is 5. The Bertz CT molecular complexity index is 1080. The number of nitrogens with zero attached hydrogens (tertiary/aromatic N) is 2. The topological polar surface area (TPSA) is 87.2 Å². The third kappa shape index (κ3) is 5.39. The number of benzene rings is 2. The van der Waals surface area contributed by atoms with Crippen molar-refractivity contribution in [1.82, 2.24) is 9.21 Å². The molecule has 0 fully saturated rings. The summed E-state index contributed by atoms with van der Waals surface area (Å²) in [6.45, 7) is 7.65. The van der Waals surface area contributed by atoms with E-state index >= 15 is 0 Å². The van der Waals surface area contributed by atoms with Gasteiger partial charge >= 0.3 is 0 Å². The molecule has 2 aromatic rings. The van der Waals surface area contributed by atoms with E-state index in [1.165, 1.54) is 4.31 Å². The lowest BCUT2D eigenvalue weighted by molar-refractivity contribution is -0.131. The number of aliphatic hydroxyl groups excluding tert-OH is 1. The largest absolute Gasteiger partial charge is 0.487 e. The van der Waals surface area contributed by atoms with E-state index in [1.807, 2.05) is 45.0 Å². The Morgan fingerprint density at radius 3 is 2.45 bits per heavy atom. The van der Waals surface area contributed by atoms with E-state index in [0.717, 1.165) is 16.7 Å². The molecule has 8 heteroatoms. The minimum Gasteiger partial charge on any atom is -0.487 e. The summed E-state index contributed by atoms with van der Waals surface area (Å²) in [5, 5.41) is 9.76. The van der Waals surface area contributed by atoms with Crippen molar-refractivity contribution in [3.8, 4) is 16.9 Å². The van der Waals surface area contributed by atoms with Crippen LogP contribution in [0.25, 0.3) is 11.1 Å². The fourth-order valence-corrected chi connectivity index (χ4v) is 5.84. The monoisotopic (exact) mass is 474 g/mol. The molecule has 0 saturated carbocycles. The molecular weight excluding hydrogens is 440 g/mol. The predicted octanol–water partition coefficient (Wildman–Crippen LogP) is 3.30. The van der Waals surface area contributed by atoms with Crippen LogP contribution in [0.15, 0.2) is 47.4 Å². The molecule has 7 nitrogen and oxygen atoms in total. The van der Waals surface area contributed by atoms with Gasteiger partial charge < -0.3 is 14.7 Å². The standard InChI is InChI=1S/C25H34N2O5S/c1-6-25(29)26(5)15-23-18(3)14-27(19(4)16-28)33(30,31)24-12-11-21(13-22(24)32-23)20-9-7-17(2)8-10-20/h7-13,18-19,23,28H,6,14-16H2,1-5H3/t18-,19-,23-/m0/s1. The van der Waals surface area contributed by atoms with Gasteiger partial charge in [-0.25, -0.2) is 8.42 Å². The molecule has 0 spiro atoms. The van der Waals surface area contributed by atoms with Gasteiger partial charge in [0, 0.05) is 32.0 Å². The lowest BCUT2D eigenvalue weighted by Crippen LogP contribution is -2.50. The summed E-state index contributed by atoms with van der Waals surface area (Å²) in [5.74, 6) is 0.0452. The summed E-state index contributed by atoms with van der Waals surface area (Å²) in [6.07, 6.45) is -0.0326. The molecule has 2 aromatic carbocycles. The average Bonchev–Trinajstić information content (AvgIpc) is 2.80. The van der Waals surface area contributed by atoms with Crippen LogP contribution in [0.4, 0.5) is 0 Å². The van der Waals surface area contributed by atoms with E-state index in [2.05, 4.69) is 0 Å². The zero-order valence-corrected chi connectivity index (χ0v) is 20.8. The van der Waals surface area contributed by atoms with Crippen LogP contribution in [0.1, 0.15) is 32.8 Å². The molecule has 0 aliphatic carbocycles. The van der Waals surface area contributed by atoms with E-state index < -0.39 is 22.2 Å². The molecular formula is C25H34N2O5S. The summed E-state index contributed by atoms with van der Waals surface area (Å²) in [6, 6.07) is 12.5. The average molecular weight is 475 g/mol. The van der Waals surface area contributed by atoms with Crippen LogP contribution in [0.2, 0.25) is 0 Å². The molecule has 0 bridgehead atoms. The Hall–Kier alpha value is -2.42. The quantitative estimate of drug-likeness (QED) is 0.694. The third-order valence-electron chi connectivity index (χ3n) is 6.23. The highest BCUT2D eigenvalue weighted by Gasteiger charge is 2.38. The van der Waals surface area contributed by atoms with Gasteiger partial charge in [-0.2, -0.15) is 4.31 Å². The second kappa shape index (κ2) is 10.2. The minimum atomic E-state index is -3.90. The number of ether oxygens (including phenoxy) is 1. The van der Waals surface area contributed by atoms with Gasteiger partial charge in [-0.05, 0) is 37.1 Å². The lowest BCUT2D eigenvalue weighted by atomic mass is 10.0. The number of carbonyl (C=O) groups is 1. The van der Waals surface area contributed by atoms with Crippen molar-refractivity contribution in [3.05, 3.63) is 48.0 Å². The van der Waals surface area contributed by atoms with Crippen LogP contribution in [-0.4, -0.2) is 67.5 Å². The van der Waals surface area contributed by atoms with Crippen molar-refractivity contribution in [3.63, 3.8) is 0 Å². The Morgan fingerprint density at radius 2 is 1.85 bits per heavy atom. The SMILES string of the molecule is CCC(=O)N(C)C[C@@H]1Oc2cc(-c3ccc(C)cc3)ccc2S(=O)(=O)N([C@@H](C)CO)C[C@@H]1C. The number of fused-ring (bicyclic) bond motifs is 1. The molecule has 0 saturated heterocycles. The van der Waals surface area contributed by atoms with Crippen LogP contribution in [0.3, 0.4) is 0 Å². The molecule has 1 aliphatic heterocycles. The highest BCUT2D eigenvalue weighted by Crippen LogP contribution is 2.36. The number of likely N-dealkylation sites (N-methyl/N-ethyl adjacent to an activating group) is 1. The predicted molar refractivity (Wildman–Crippen MR) is 129 cm³/mol. The van der Waals surface area contributed by atoms with Crippen LogP contribution in [0.5, 0.6) is 5.75 Å². The number of aliphatic hydroxyl groups is 1. The molecule has 0 radical (unpaired) electrons. The van der Waals surface area contributed by atoms with E-state index in [4.69, 9.17) is 4.74 Å². The first-order valence-electron chi connectivity index (χ1n) is 11.3. The minimum absolute atomic E-state index is 0.00491. The number of hydrogen-bond donors (Lipinski definition) is 1. The Balaban J connectivity index is 2.11. The Labute approximate surface area is 197 Å². The first-order valence-corrected chi connectivity index (χ1v) is 12.8. The molecule has 0 unspecified atom stereocenters. The van der Waals surface area contributed by atoms with Gasteiger partial charge in [0.2, 0.25) is 15.9 Å². The normalized spacial score (nSPS) is 21.3. The van der Waals surface area contributed by atoms with E-state index in [9.17, 15) is 18.3 Å². The number of sulfonamides is 1. The lowest BCUT2D eigenvalue weighted by Gasteiger charge is -2.37. The van der Waals surface area contributed by atoms with Gasteiger partial charge in [-0.3, -0.25) is 4.79 Å². The highest BCUT2D eigenvalue weighted by molar-refractivity contribution is 7.89. The molecule has 33 heavy (non-hydrogen) atoms. The van der Waals surface area contributed by atoms with Gasteiger partial charge in [-0.1, -0.05) is 49.7 Å². The van der Waals surface area contributed by atoms with Gasteiger partial charge in [0.25, 0.3) is 0 Å². The maximum absolute atomic E-state index is 13.6. The molecule has 0 aromatic heterocycles. The zero-order valence-electron chi connectivity index (χ0n) is 20.0. The summed E-state index contributed by atoms with van der Waals surface area (Å²) < 4.78 is 34.8. The summed E-state index contributed by atoms with van der Waals surface area (Å²) in [7, 11) is -2.17. The smallest absolute Gasteiger partial charge is 0.247 e. The van der Waals surface area contributed by atoms with Crippen molar-refractivity contribution in [1.29, 1.82) is 0 Å². The molecule has 1 amide bonds. The molecule has 3 rings (SSSR count). The van der Waals surface area contributed by atoms with Gasteiger partial charge in [-0.15, -0.1) is 0 Å². The Kier molecular flexibility index (Phi) is 7.82. The van der Waals surface area contributed by atoms with Gasteiger partial charge in [0.15, 0.2) is 0 Å². The van der Waals surface area contributed by atoms with Gasteiger partial charge in [0.1, 0.15) is 16.7 Å². The summed E-state index contributed by atoms with van der Waals surface area (Å²) in [4.78, 5) is 13.9. The van der Waals surface area contributed by atoms with E-state index in [1.54, 1.807) is 37.1 Å². The van der Waals surface area contributed by atoms with Crippen molar-refractivity contribution in [2.75, 3.05) is 26.7 Å². The number of carbonyl (C=O) groups excluding carboxylic acids is 1. The highest BCUT2D eigenvalue weighted by atomic mass is 32.2. The van der Waals surface area contributed by atoms with Crippen molar-refractivity contribution >= 4 is 15.9 Å². The fourth-order valence-electron chi connectivity index (χ4n) is 4.01. The van der Waals surface area contributed by atoms with Crippen molar-refractivity contribution < 1.29 is 23.1 Å². The van der Waals surface area contributed by atoms with Crippen molar-refractivity contribution in [2.24, 2.45) is 5.92 Å². The number of amides is 1. The zero-order chi connectivity index (χ0) is 24.3. The third-order valence-corrected chi connectivity index (χ3v) is 8.25. The second-order valence-electron chi connectivity index (χ2n) is 8.90. The van der Waals surface area contributed by atoms with Crippen LogP contribution >= 0.6 is 0 Å². The van der Waals surface area contributed by atoms with E-state index in [-0.39, 0.29) is 35.6 Å². The summed E-state index contributed by atoms with van der Waals surface area (Å²) in [5.41, 5.74) is 2.93. The van der Waals surface area contributed by atoms with Gasteiger partial charge in [0.05, 0.1) is 13.2 Å². The number of rotatable bonds is 6. The van der Waals surface area contributed by atoms with Crippen LogP contribution < -0.4 is 4.74 Å². The first kappa shape index (κ1) is 25.2.